The number of carbonyl (C=O) groups is 1. The fourth-order valence-electron chi connectivity index (χ4n) is 2.78. The second-order valence-electron chi connectivity index (χ2n) is 5.23. The van der Waals surface area contributed by atoms with Crippen molar-refractivity contribution in [2.75, 3.05) is 7.05 Å². The van der Waals surface area contributed by atoms with Crippen molar-refractivity contribution < 1.29 is 4.79 Å². The van der Waals surface area contributed by atoms with E-state index in [-0.39, 0.29) is 11.8 Å². The van der Waals surface area contributed by atoms with Crippen LogP contribution < -0.4 is 0 Å². The Bertz CT molecular complexity index is 457. The van der Waals surface area contributed by atoms with Crippen molar-refractivity contribution in [3.63, 3.8) is 0 Å². The first-order valence-electron chi connectivity index (χ1n) is 6.95. The third-order valence-electron chi connectivity index (χ3n) is 3.93. The molecule has 1 saturated carbocycles. The molecule has 3 heteroatoms. The molecule has 1 aromatic carbocycles. The van der Waals surface area contributed by atoms with E-state index in [9.17, 15) is 10.1 Å². The number of amides is 1. The summed E-state index contributed by atoms with van der Waals surface area (Å²) in [6, 6.07) is 11.3. The van der Waals surface area contributed by atoms with Gasteiger partial charge in [-0.15, -0.1) is 0 Å². The normalized spacial score (nSPS) is 17.5. The van der Waals surface area contributed by atoms with Crippen molar-refractivity contribution in [2.24, 2.45) is 5.92 Å². The van der Waals surface area contributed by atoms with E-state index in [4.69, 9.17) is 0 Å². The molecule has 2 rings (SSSR count). The molecule has 0 heterocycles. The zero-order valence-electron chi connectivity index (χ0n) is 11.4. The van der Waals surface area contributed by atoms with Crippen LogP contribution in [0.25, 0.3) is 0 Å². The summed E-state index contributed by atoms with van der Waals surface area (Å²) in [6.07, 6.45) is 5.43. The number of hydrogen-bond acceptors (Lipinski definition) is 2. The molecule has 1 aliphatic rings. The highest BCUT2D eigenvalue weighted by molar-refractivity contribution is 5.79. The number of hydrogen-bond donors (Lipinski definition) is 0. The van der Waals surface area contributed by atoms with Gasteiger partial charge in [-0.1, -0.05) is 49.6 Å². The molecular weight excluding hydrogens is 236 g/mol. The zero-order chi connectivity index (χ0) is 13.7. The van der Waals surface area contributed by atoms with Gasteiger partial charge in [0.05, 0.1) is 6.07 Å². The summed E-state index contributed by atoms with van der Waals surface area (Å²) in [6.45, 7) is 0. The van der Waals surface area contributed by atoms with E-state index in [0.29, 0.717) is 0 Å². The van der Waals surface area contributed by atoms with Crippen LogP contribution in [-0.4, -0.2) is 17.9 Å². The minimum Gasteiger partial charge on any atom is -0.326 e. The number of carbonyl (C=O) groups excluding carboxylic acids is 1. The first-order chi connectivity index (χ1) is 9.24. The van der Waals surface area contributed by atoms with E-state index in [0.717, 1.165) is 31.2 Å². The van der Waals surface area contributed by atoms with Crippen molar-refractivity contribution in [3.8, 4) is 6.07 Å². The molecule has 1 unspecified atom stereocenters. The third-order valence-corrected chi connectivity index (χ3v) is 3.93. The van der Waals surface area contributed by atoms with Gasteiger partial charge in [-0.25, -0.2) is 0 Å². The van der Waals surface area contributed by atoms with Gasteiger partial charge in [0.15, 0.2) is 0 Å². The topological polar surface area (TPSA) is 44.1 Å². The largest absolute Gasteiger partial charge is 0.326 e. The van der Waals surface area contributed by atoms with Crippen LogP contribution in [0, 0.1) is 17.2 Å². The molecule has 0 spiro atoms. The van der Waals surface area contributed by atoms with Gasteiger partial charge in [0.25, 0.3) is 0 Å². The van der Waals surface area contributed by atoms with E-state index in [2.05, 4.69) is 6.07 Å². The lowest BCUT2D eigenvalue weighted by Crippen LogP contribution is -2.36. The molecule has 1 aromatic rings. The third kappa shape index (κ3) is 3.14. The van der Waals surface area contributed by atoms with Crippen LogP contribution in [0.3, 0.4) is 0 Å². The Morgan fingerprint density at radius 1 is 1.26 bits per heavy atom. The minimum absolute atomic E-state index is 0.110. The molecule has 0 radical (unpaired) electrons. The monoisotopic (exact) mass is 256 g/mol. The Balaban J connectivity index is 2.10. The van der Waals surface area contributed by atoms with Crippen LogP contribution in [0.2, 0.25) is 0 Å². The van der Waals surface area contributed by atoms with Crippen molar-refractivity contribution in [3.05, 3.63) is 35.9 Å². The standard InChI is InChI=1S/C16H20N2O/c1-18(16(19)14-10-6-3-7-11-14)15(12-17)13-8-4-2-5-9-13/h2,4-5,8-9,14-15H,3,6-7,10-11H2,1H3. The highest BCUT2D eigenvalue weighted by Gasteiger charge is 2.28. The maximum absolute atomic E-state index is 12.4. The van der Waals surface area contributed by atoms with E-state index >= 15 is 0 Å². The molecule has 0 bridgehead atoms. The molecular formula is C16H20N2O. The molecule has 19 heavy (non-hydrogen) atoms. The average Bonchev–Trinajstić information content (AvgIpc) is 2.49. The molecule has 1 amide bonds. The van der Waals surface area contributed by atoms with E-state index < -0.39 is 6.04 Å². The lowest BCUT2D eigenvalue weighted by atomic mass is 9.88. The molecule has 3 nitrogen and oxygen atoms in total. The highest BCUT2D eigenvalue weighted by Crippen LogP contribution is 2.28. The van der Waals surface area contributed by atoms with Crippen LogP contribution in [0.4, 0.5) is 0 Å². The minimum atomic E-state index is -0.476. The second-order valence-corrected chi connectivity index (χ2v) is 5.23. The van der Waals surface area contributed by atoms with Crippen LogP contribution >= 0.6 is 0 Å². The maximum Gasteiger partial charge on any atom is 0.226 e. The summed E-state index contributed by atoms with van der Waals surface area (Å²) in [5.41, 5.74) is 0.886. The van der Waals surface area contributed by atoms with Crippen LogP contribution in [0.1, 0.15) is 43.7 Å². The summed E-state index contributed by atoms with van der Waals surface area (Å²) in [5, 5.41) is 9.35. The summed E-state index contributed by atoms with van der Waals surface area (Å²) < 4.78 is 0. The van der Waals surface area contributed by atoms with Gasteiger partial charge >= 0.3 is 0 Å². The van der Waals surface area contributed by atoms with Gasteiger partial charge in [0.1, 0.15) is 6.04 Å². The van der Waals surface area contributed by atoms with Gasteiger partial charge in [-0.3, -0.25) is 4.79 Å². The Kier molecular flexibility index (Phi) is 4.57. The predicted molar refractivity (Wildman–Crippen MR) is 74.1 cm³/mol. The fraction of sp³-hybridized carbons (Fsp3) is 0.500. The fourth-order valence-corrected chi connectivity index (χ4v) is 2.78. The quantitative estimate of drug-likeness (QED) is 0.833. The van der Waals surface area contributed by atoms with E-state index in [1.54, 1.807) is 11.9 Å². The first kappa shape index (κ1) is 13.6. The lowest BCUT2D eigenvalue weighted by Gasteiger charge is -2.29. The van der Waals surface area contributed by atoms with Gasteiger partial charge in [-0.05, 0) is 18.4 Å². The Hall–Kier alpha value is -1.82. The zero-order valence-corrected chi connectivity index (χ0v) is 11.4. The second kappa shape index (κ2) is 6.38. The van der Waals surface area contributed by atoms with Crippen LogP contribution in [0.15, 0.2) is 30.3 Å². The summed E-state index contributed by atoms with van der Waals surface area (Å²) in [4.78, 5) is 14.1. The van der Waals surface area contributed by atoms with Crippen molar-refractivity contribution in [1.29, 1.82) is 5.26 Å². The molecule has 0 aromatic heterocycles. The van der Waals surface area contributed by atoms with E-state index in [1.807, 2.05) is 30.3 Å². The lowest BCUT2D eigenvalue weighted by molar-refractivity contribution is -0.136. The van der Waals surface area contributed by atoms with Gasteiger partial charge in [0.2, 0.25) is 5.91 Å². The summed E-state index contributed by atoms with van der Waals surface area (Å²) >= 11 is 0. The molecule has 1 aliphatic carbocycles. The molecule has 1 fully saturated rings. The number of benzene rings is 1. The van der Waals surface area contributed by atoms with Crippen LogP contribution in [0.5, 0.6) is 0 Å². The van der Waals surface area contributed by atoms with Gasteiger partial charge in [0, 0.05) is 13.0 Å². The molecule has 100 valence electrons. The Labute approximate surface area is 114 Å². The van der Waals surface area contributed by atoms with Crippen LogP contribution in [-0.2, 0) is 4.79 Å². The molecule has 0 N–H and O–H groups in total. The smallest absolute Gasteiger partial charge is 0.226 e. The number of nitriles is 1. The molecule has 0 aliphatic heterocycles. The van der Waals surface area contributed by atoms with Gasteiger partial charge in [-0.2, -0.15) is 5.26 Å². The van der Waals surface area contributed by atoms with Crippen molar-refractivity contribution in [2.45, 2.75) is 38.1 Å². The molecule has 1 atom stereocenters. The first-order valence-corrected chi connectivity index (χ1v) is 6.95. The average molecular weight is 256 g/mol. The van der Waals surface area contributed by atoms with Gasteiger partial charge < -0.3 is 4.90 Å². The van der Waals surface area contributed by atoms with Crippen molar-refractivity contribution >= 4 is 5.91 Å². The van der Waals surface area contributed by atoms with Crippen molar-refractivity contribution in [1.82, 2.24) is 4.90 Å². The summed E-state index contributed by atoms with van der Waals surface area (Å²) in [5.74, 6) is 0.230. The predicted octanol–water partition coefficient (Wildman–Crippen LogP) is 3.29. The Morgan fingerprint density at radius 3 is 2.47 bits per heavy atom. The number of rotatable bonds is 3. The van der Waals surface area contributed by atoms with E-state index in [1.165, 1.54) is 6.42 Å². The summed E-state index contributed by atoms with van der Waals surface area (Å²) in [7, 11) is 1.75. The Morgan fingerprint density at radius 2 is 1.89 bits per heavy atom. The maximum atomic E-state index is 12.4. The number of nitrogens with zero attached hydrogens (tertiary/aromatic N) is 2. The SMILES string of the molecule is CN(C(=O)C1CCCCC1)C(C#N)c1ccccc1. The molecule has 0 saturated heterocycles. The highest BCUT2D eigenvalue weighted by atomic mass is 16.2.